The Balaban J connectivity index is 0.00000288. The maximum Gasteiger partial charge on any atom is 0.226 e. The predicted molar refractivity (Wildman–Crippen MR) is 99.0 cm³/mol. The first-order chi connectivity index (χ1) is 10.9. The zero-order valence-corrected chi connectivity index (χ0v) is 16.2. The standard InChI is InChI=1S/C18H33N3O2.ClH/c1-18(2,12-19)13-20(3)16(22)14-8-4-5-9-15(14)17(23)21-10-6-7-11-21;/h14-15H,4-13,19H2,1-3H3;1H. The number of carbonyl (C=O) groups is 2. The van der Waals surface area contributed by atoms with Gasteiger partial charge in [-0.25, -0.2) is 0 Å². The summed E-state index contributed by atoms with van der Waals surface area (Å²) >= 11 is 0. The van der Waals surface area contributed by atoms with Gasteiger partial charge in [-0.1, -0.05) is 26.7 Å². The smallest absolute Gasteiger partial charge is 0.226 e. The van der Waals surface area contributed by atoms with Gasteiger partial charge in [0, 0.05) is 38.5 Å². The molecule has 0 aromatic rings. The molecule has 1 saturated heterocycles. The average molecular weight is 360 g/mol. The lowest BCUT2D eigenvalue weighted by Crippen LogP contribution is -2.47. The van der Waals surface area contributed by atoms with Crippen molar-refractivity contribution in [2.45, 2.75) is 52.4 Å². The van der Waals surface area contributed by atoms with E-state index < -0.39 is 0 Å². The second kappa shape index (κ2) is 9.04. The highest BCUT2D eigenvalue weighted by molar-refractivity contribution is 5.88. The zero-order chi connectivity index (χ0) is 17.0. The van der Waals surface area contributed by atoms with Gasteiger partial charge in [0.25, 0.3) is 0 Å². The summed E-state index contributed by atoms with van der Waals surface area (Å²) in [4.78, 5) is 29.5. The quantitative estimate of drug-likeness (QED) is 0.818. The van der Waals surface area contributed by atoms with E-state index in [0.29, 0.717) is 13.1 Å². The van der Waals surface area contributed by atoms with E-state index >= 15 is 0 Å². The van der Waals surface area contributed by atoms with Crippen molar-refractivity contribution in [3.63, 3.8) is 0 Å². The molecule has 0 radical (unpaired) electrons. The summed E-state index contributed by atoms with van der Waals surface area (Å²) < 4.78 is 0. The molecule has 140 valence electrons. The topological polar surface area (TPSA) is 66.6 Å². The molecule has 2 N–H and O–H groups in total. The van der Waals surface area contributed by atoms with Crippen LogP contribution in [0.3, 0.4) is 0 Å². The van der Waals surface area contributed by atoms with Crippen LogP contribution < -0.4 is 5.73 Å². The van der Waals surface area contributed by atoms with Crippen molar-refractivity contribution in [1.82, 2.24) is 9.80 Å². The van der Waals surface area contributed by atoms with Gasteiger partial charge in [-0.3, -0.25) is 9.59 Å². The maximum atomic E-state index is 12.9. The van der Waals surface area contributed by atoms with Crippen LogP contribution in [0.1, 0.15) is 52.4 Å². The van der Waals surface area contributed by atoms with Crippen molar-refractivity contribution in [2.24, 2.45) is 23.0 Å². The first-order valence-electron chi connectivity index (χ1n) is 9.09. The number of likely N-dealkylation sites (tertiary alicyclic amines) is 1. The molecule has 0 aromatic heterocycles. The van der Waals surface area contributed by atoms with E-state index in [1.165, 1.54) is 0 Å². The SMILES string of the molecule is CN(CC(C)(C)CN)C(=O)C1CCCCC1C(=O)N1CCCC1.Cl. The monoisotopic (exact) mass is 359 g/mol. The van der Waals surface area contributed by atoms with Crippen LogP contribution in [0.5, 0.6) is 0 Å². The fourth-order valence-electron chi connectivity index (χ4n) is 3.96. The molecule has 5 nitrogen and oxygen atoms in total. The molecule has 1 heterocycles. The second-order valence-corrected chi connectivity index (χ2v) is 8.09. The molecule has 2 fully saturated rings. The Kier molecular flexibility index (Phi) is 8.00. The lowest BCUT2D eigenvalue weighted by atomic mass is 9.77. The summed E-state index contributed by atoms with van der Waals surface area (Å²) in [6.45, 7) is 7.07. The van der Waals surface area contributed by atoms with E-state index in [9.17, 15) is 9.59 Å². The van der Waals surface area contributed by atoms with Gasteiger partial charge >= 0.3 is 0 Å². The van der Waals surface area contributed by atoms with Crippen LogP contribution in [0.15, 0.2) is 0 Å². The number of rotatable bonds is 5. The average Bonchev–Trinajstić information content (AvgIpc) is 3.07. The minimum absolute atomic E-state index is 0. The molecule has 2 rings (SSSR count). The van der Waals surface area contributed by atoms with Crippen LogP contribution in [0.4, 0.5) is 0 Å². The number of nitrogens with two attached hydrogens (primary N) is 1. The van der Waals surface area contributed by atoms with Crippen molar-refractivity contribution in [2.75, 3.05) is 33.2 Å². The van der Waals surface area contributed by atoms with Crippen molar-refractivity contribution in [1.29, 1.82) is 0 Å². The number of hydrogen-bond donors (Lipinski definition) is 1. The van der Waals surface area contributed by atoms with Crippen LogP contribution in [0.2, 0.25) is 0 Å². The molecule has 6 heteroatoms. The fraction of sp³-hybridized carbons (Fsp3) is 0.889. The van der Waals surface area contributed by atoms with Crippen molar-refractivity contribution >= 4 is 24.2 Å². The van der Waals surface area contributed by atoms with Gasteiger partial charge in [0.15, 0.2) is 0 Å². The first kappa shape index (κ1) is 21.2. The molecule has 24 heavy (non-hydrogen) atoms. The van der Waals surface area contributed by atoms with E-state index in [-0.39, 0.29) is 41.5 Å². The minimum atomic E-state index is -0.143. The number of hydrogen-bond acceptors (Lipinski definition) is 3. The Morgan fingerprint density at radius 1 is 1.08 bits per heavy atom. The lowest BCUT2D eigenvalue weighted by molar-refractivity contribution is -0.147. The molecular weight excluding hydrogens is 326 g/mol. The molecule has 2 atom stereocenters. The van der Waals surface area contributed by atoms with Gasteiger partial charge in [-0.05, 0) is 37.6 Å². The summed E-state index contributed by atoms with van der Waals surface area (Å²) in [5, 5.41) is 0. The highest BCUT2D eigenvalue weighted by Crippen LogP contribution is 2.34. The molecule has 2 aliphatic rings. The molecule has 1 aliphatic carbocycles. The zero-order valence-electron chi connectivity index (χ0n) is 15.4. The normalized spacial score (nSPS) is 24.4. The Morgan fingerprint density at radius 2 is 1.62 bits per heavy atom. The maximum absolute atomic E-state index is 12.9. The third-order valence-corrected chi connectivity index (χ3v) is 5.41. The van der Waals surface area contributed by atoms with Gasteiger partial charge in [0.05, 0.1) is 0 Å². The lowest BCUT2D eigenvalue weighted by Gasteiger charge is -2.36. The molecule has 1 saturated carbocycles. The summed E-state index contributed by atoms with van der Waals surface area (Å²) in [5.74, 6) is 0.0871. The molecular formula is C18H34ClN3O2. The number of halogens is 1. The van der Waals surface area contributed by atoms with Gasteiger partial charge in [-0.2, -0.15) is 0 Å². The Morgan fingerprint density at radius 3 is 2.17 bits per heavy atom. The molecule has 2 amide bonds. The first-order valence-corrected chi connectivity index (χ1v) is 9.09. The highest BCUT2D eigenvalue weighted by atomic mass is 35.5. The molecule has 2 unspecified atom stereocenters. The van der Waals surface area contributed by atoms with E-state index in [4.69, 9.17) is 5.73 Å². The van der Waals surface area contributed by atoms with Gasteiger partial charge in [0.2, 0.25) is 11.8 Å². The van der Waals surface area contributed by atoms with Crippen LogP contribution in [0.25, 0.3) is 0 Å². The third kappa shape index (κ3) is 5.09. The van der Waals surface area contributed by atoms with Crippen molar-refractivity contribution in [3.05, 3.63) is 0 Å². The number of amides is 2. The van der Waals surface area contributed by atoms with Crippen molar-refractivity contribution in [3.8, 4) is 0 Å². The van der Waals surface area contributed by atoms with Gasteiger partial charge in [-0.15, -0.1) is 12.4 Å². The molecule has 0 aromatic carbocycles. The molecule has 0 spiro atoms. The molecule has 1 aliphatic heterocycles. The number of nitrogens with zero attached hydrogens (tertiary/aromatic N) is 2. The summed E-state index contributed by atoms with van der Waals surface area (Å²) in [6.07, 6.45) is 6.01. The van der Waals surface area contributed by atoms with E-state index in [0.717, 1.165) is 51.6 Å². The Bertz CT molecular complexity index is 436. The highest BCUT2D eigenvalue weighted by Gasteiger charge is 2.40. The Hall–Kier alpha value is -0.810. The second-order valence-electron chi connectivity index (χ2n) is 8.09. The number of carbonyl (C=O) groups excluding carboxylic acids is 2. The van der Waals surface area contributed by atoms with Gasteiger partial charge in [0.1, 0.15) is 0 Å². The molecule has 0 bridgehead atoms. The van der Waals surface area contributed by atoms with Gasteiger partial charge < -0.3 is 15.5 Å². The van der Waals surface area contributed by atoms with Crippen LogP contribution in [-0.2, 0) is 9.59 Å². The van der Waals surface area contributed by atoms with Crippen LogP contribution in [-0.4, -0.2) is 54.8 Å². The summed E-state index contributed by atoms with van der Waals surface area (Å²) in [7, 11) is 1.85. The van der Waals surface area contributed by atoms with E-state index in [1.54, 1.807) is 4.90 Å². The van der Waals surface area contributed by atoms with E-state index in [2.05, 4.69) is 13.8 Å². The van der Waals surface area contributed by atoms with Crippen LogP contribution in [0, 0.1) is 17.3 Å². The van der Waals surface area contributed by atoms with Crippen molar-refractivity contribution < 1.29 is 9.59 Å². The summed E-state index contributed by atoms with van der Waals surface area (Å²) in [5.41, 5.74) is 5.70. The van der Waals surface area contributed by atoms with Crippen LogP contribution >= 0.6 is 12.4 Å². The summed E-state index contributed by atoms with van der Waals surface area (Å²) in [6, 6.07) is 0. The Labute approximate surface area is 152 Å². The van der Waals surface area contributed by atoms with E-state index in [1.807, 2.05) is 11.9 Å². The largest absolute Gasteiger partial charge is 0.345 e. The minimum Gasteiger partial charge on any atom is -0.345 e. The fourth-order valence-corrected chi connectivity index (χ4v) is 3.96. The predicted octanol–water partition coefficient (Wildman–Crippen LogP) is 2.28. The third-order valence-electron chi connectivity index (χ3n) is 5.41.